The van der Waals surface area contributed by atoms with E-state index in [9.17, 15) is 8.78 Å². The summed E-state index contributed by atoms with van der Waals surface area (Å²) in [4.78, 5) is 0. The molecule has 0 aliphatic rings. The van der Waals surface area contributed by atoms with Crippen LogP contribution in [0.15, 0.2) is 48.5 Å². The van der Waals surface area contributed by atoms with Crippen LogP contribution in [-0.2, 0) is 0 Å². The van der Waals surface area contributed by atoms with Crippen LogP contribution in [0.4, 0.5) is 8.78 Å². The van der Waals surface area contributed by atoms with Crippen molar-refractivity contribution in [2.24, 2.45) is 5.84 Å². The highest BCUT2D eigenvalue weighted by molar-refractivity contribution is 5.22. The summed E-state index contributed by atoms with van der Waals surface area (Å²) in [7, 11) is 0. The number of benzene rings is 2. The standard InChI is InChI=1S/C15H16F2N2O/c16-13-7-6-11(10-14(13)17)15(19-18)8-9-20-12-4-2-1-3-5-12/h1-7,10,15,19H,8-9,18H2. The summed E-state index contributed by atoms with van der Waals surface area (Å²) in [5, 5.41) is 0. The molecule has 106 valence electrons. The van der Waals surface area contributed by atoms with Gasteiger partial charge in [-0.3, -0.25) is 11.3 Å². The van der Waals surface area contributed by atoms with Gasteiger partial charge in [-0.1, -0.05) is 24.3 Å². The molecule has 0 aliphatic carbocycles. The van der Waals surface area contributed by atoms with Crippen molar-refractivity contribution in [2.45, 2.75) is 12.5 Å². The summed E-state index contributed by atoms with van der Waals surface area (Å²) in [5.74, 6) is 4.46. The van der Waals surface area contributed by atoms with Crippen LogP contribution in [0.3, 0.4) is 0 Å². The second-order valence-corrected chi connectivity index (χ2v) is 4.34. The molecule has 3 nitrogen and oxygen atoms in total. The van der Waals surface area contributed by atoms with Gasteiger partial charge in [0.25, 0.3) is 0 Å². The maximum absolute atomic E-state index is 13.2. The summed E-state index contributed by atoms with van der Waals surface area (Å²) >= 11 is 0. The van der Waals surface area contributed by atoms with E-state index in [1.807, 2.05) is 30.3 Å². The minimum Gasteiger partial charge on any atom is -0.494 e. The first kappa shape index (κ1) is 14.4. The average molecular weight is 278 g/mol. The average Bonchev–Trinajstić information content (AvgIpc) is 2.48. The van der Waals surface area contributed by atoms with E-state index in [1.54, 1.807) is 0 Å². The van der Waals surface area contributed by atoms with E-state index in [0.29, 0.717) is 18.6 Å². The summed E-state index contributed by atoms with van der Waals surface area (Å²) in [6, 6.07) is 12.8. The number of hydrazine groups is 1. The summed E-state index contributed by atoms with van der Waals surface area (Å²) in [6.07, 6.45) is 0.538. The van der Waals surface area contributed by atoms with Crippen molar-refractivity contribution in [3.8, 4) is 5.75 Å². The number of nitrogens with two attached hydrogens (primary N) is 1. The molecular formula is C15H16F2N2O. The third kappa shape index (κ3) is 3.76. The minimum atomic E-state index is -0.883. The smallest absolute Gasteiger partial charge is 0.159 e. The van der Waals surface area contributed by atoms with E-state index in [2.05, 4.69) is 5.43 Å². The van der Waals surface area contributed by atoms with E-state index in [-0.39, 0.29) is 6.04 Å². The molecule has 1 unspecified atom stereocenters. The molecule has 0 saturated heterocycles. The number of hydrogen-bond acceptors (Lipinski definition) is 3. The highest BCUT2D eigenvalue weighted by Gasteiger charge is 2.12. The maximum atomic E-state index is 13.2. The van der Waals surface area contributed by atoms with Crippen LogP contribution >= 0.6 is 0 Å². The van der Waals surface area contributed by atoms with Gasteiger partial charge >= 0.3 is 0 Å². The Bertz CT molecular complexity index is 549. The Labute approximate surface area is 116 Å². The van der Waals surface area contributed by atoms with Crippen molar-refractivity contribution >= 4 is 0 Å². The lowest BCUT2D eigenvalue weighted by Gasteiger charge is -2.17. The van der Waals surface area contributed by atoms with Crippen molar-refractivity contribution in [3.05, 3.63) is 65.7 Å². The number of hydrogen-bond donors (Lipinski definition) is 2. The Morgan fingerprint density at radius 1 is 1.05 bits per heavy atom. The molecule has 0 heterocycles. The van der Waals surface area contributed by atoms with Crippen LogP contribution in [-0.4, -0.2) is 6.61 Å². The topological polar surface area (TPSA) is 47.3 Å². The summed E-state index contributed by atoms with van der Waals surface area (Å²) in [6.45, 7) is 0.415. The van der Waals surface area contributed by atoms with E-state index in [0.717, 1.165) is 17.9 Å². The zero-order valence-corrected chi connectivity index (χ0v) is 10.9. The van der Waals surface area contributed by atoms with Crippen LogP contribution in [0, 0.1) is 11.6 Å². The molecule has 0 bridgehead atoms. The molecule has 20 heavy (non-hydrogen) atoms. The molecule has 0 saturated carbocycles. The molecule has 2 aromatic rings. The normalized spacial score (nSPS) is 12.2. The first-order valence-electron chi connectivity index (χ1n) is 6.29. The van der Waals surface area contributed by atoms with Crippen LogP contribution in [0.5, 0.6) is 5.75 Å². The fourth-order valence-electron chi connectivity index (χ4n) is 1.89. The summed E-state index contributed by atoms with van der Waals surface area (Å²) in [5.41, 5.74) is 3.17. The van der Waals surface area contributed by atoms with Crippen molar-refractivity contribution < 1.29 is 13.5 Å². The van der Waals surface area contributed by atoms with Gasteiger partial charge in [0.2, 0.25) is 0 Å². The number of nitrogens with one attached hydrogen (secondary N) is 1. The molecule has 0 spiro atoms. The molecule has 1 atom stereocenters. The Hall–Kier alpha value is -1.98. The van der Waals surface area contributed by atoms with E-state index in [4.69, 9.17) is 10.6 Å². The predicted molar refractivity (Wildman–Crippen MR) is 73.0 cm³/mol. The van der Waals surface area contributed by atoms with Gasteiger partial charge in [-0.25, -0.2) is 8.78 Å². The minimum absolute atomic E-state index is 0.297. The van der Waals surface area contributed by atoms with Gasteiger partial charge in [0.15, 0.2) is 11.6 Å². The first-order valence-corrected chi connectivity index (χ1v) is 6.29. The lowest BCUT2D eigenvalue weighted by Crippen LogP contribution is -2.29. The van der Waals surface area contributed by atoms with Crippen LogP contribution in [0.1, 0.15) is 18.0 Å². The Morgan fingerprint density at radius 2 is 1.80 bits per heavy atom. The monoisotopic (exact) mass is 278 g/mol. The number of halogens is 2. The third-order valence-corrected chi connectivity index (χ3v) is 2.97. The lowest BCUT2D eigenvalue weighted by atomic mass is 10.0. The molecule has 2 rings (SSSR count). The zero-order valence-electron chi connectivity index (χ0n) is 10.9. The van der Waals surface area contributed by atoms with Gasteiger partial charge < -0.3 is 4.74 Å². The molecular weight excluding hydrogens is 262 g/mol. The van der Waals surface area contributed by atoms with Gasteiger partial charge in [-0.05, 0) is 29.8 Å². The molecule has 2 aromatic carbocycles. The van der Waals surface area contributed by atoms with Crippen molar-refractivity contribution in [1.29, 1.82) is 0 Å². The quantitative estimate of drug-likeness (QED) is 0.631. The van der Waals surface area contributed by atoms with E-state index in [1.165, 1.54) is 6.07 Å². The Morgan fingerprint density at radius 3 is 2.45 bits per heavy atom. The van der Waals surface area contributed by atoms with Crippen LogP contribution in [0.25, 0.3) is 0 Å². The molecule has 0 amide bonds. The van der Waals surface area contributed by atoms with E-state index < -0.39 is 11.6 Å². The fourth-order valence-corrected chi connectivity index (χ4v) is 1.89. The van der Waals surface area contributed by atoms with Crippen LogP contribution in [0.2, 0.25) is 0 Å². The molecule has 0 fully saturated rings. The maximum Gasteiger partial charge on any atom is 0.159 e. The van der Waals surface area contributed by atoms with Gasteiger partial charge in [-0.15, -0.1) is 0 Å². The Balaban J connectivity index is 1.93. The third-order valence-electron chi connectivity index (χ3n) is 2.97. The predicted octanol–water partition coefficient (Wildman–Crippen LogP) is 2.94. The highest BCUT2D eigenvalue weighted by atomic mass is 19.2. The highest BCUT2D eigenvalue weighted by Crippen LogP contribution is 2.19. The van der Waals surface area contributed by atoms with Crippen LogP contribution < -0.4 is 16.0 Å². The lowest BCUT2D eigenvalue weighted by molar-refractivity contribution is 0.287. The second-order valence-electron chi connectivity index (χ2n) is 4.34. The van der Waals surface area contributed by atoms with Gasteiger partial charge in [0, 0.05) is 12.5 Å². The van der Waals surface area contributed by atoms with Gasteiger partial charge in [0.1, 0.15) is 5.75 Å². The van der Waals surface area contributed by atoms with Crippen molar-refractivity contribution in [2.75, 3.05) is 6.61 Å². The van der Waals surface area contributed by atoms with Crippen molar-refractivity contribution in [3.63, 3.8) is 0 Å². The summed E-state index contributed by atoms with van der Waals surface area (Å²) < 4.78 is 31.6. The van der Waals surface area contributed by atoms with E-state index >= 15 is 0 Å². The van der Waals surface area contributed by atoms with Gasteiger partial charge in [-0.2, -0.15) is 0 Å². The second kappa shape index (κ2) is 6.98. The molecule has 0 radical (unpaired) electrons. The molecule has 3 N–H and O–H groups in total. The van der Waals surface area contributed by atoms with Crippen molar-refractivity contribution in [1.82, 2.24) is 5.43 Å². The number of rotatable bonds is 6. The SMILES string of the molecule is NNC(CCOc1ccccc1)c1ccc(F)c(F)c1. The zero-order chi connectivity index (χ0) is 14.4. The first-order chi connectivity index (χ1) is 9.70. The fraction of sp³-hybridized carbons (Fsp3) is 0.200. The number of para-hydroxylation sites is 1. The largest absolute Gasteiger partial charge is 0.494 e. The molecule has 0 aliphatic heterocycles. The molecule has 0 aromatic heterocycles. The number of ether oxygens (including phenoxy) is 1. The Kier molecular flexibility index (Phi) is 5.03. The molecule has 5 heteroatoms. The van der Waals surface area contributed by atoms with Gasteiger partial charge in [0.05, 0.1) is 6.61 Å².